The van der Waals surface area contributed by atoms with E-state index in [1.165, 1.54) is 6.33 Å². The van der Waals surface area contributed by atoms with Crippen LogP contribution in [0, 0.1) is 6.92 Å². The Balaban J connectivity index is 1.61. The van der Waals surface area contributed by atoms with Gasteiger partial charge in [-0.25, -0.2) is 14.6 Å². The van der Waals surface area contributed by atoms with E-state index in [0.29, 0.717) is 44.4 Å². The average molecular weight is 431 g/mol. The number of aryl methyl sites for hydroxylation is 1. The fraction of sp³-hybridized carbons (Fsp3) is 0.0455. The van der Waals surface area contributed by atoms with E-state index in [-0.39, 0.29) is 5.91 Å². The Morgan fingerprint density at radius 1 is 1.13 bits per heavy atom. The molecule has 9 heteroatoms. The van der Waals surface area contributed by atoms with Crippen molar-refractivity contribution in [2.45, 2.75) is 6.92 Å². The molecule has 0 radical (unpaired) electrons. The molecule has 0 saturated carbocycles. The van der Waals surface area contributed by atoms with Gasteiger partial charge in [-0.3, -0.25) is 4.79 Å². The van der Waals surface area contributed by atoms with Gasteiger partial charge in [-0.2, -0.15) is 5.10 Å². The third-order valence-electron chi connectivity index (χ3n) is 4.80. The molecule has 0 bridgehead atoms. The van der Waals surface area contributed by atoms with E-state index in [4.69, 9.17) is 16.1 Å². The first-order valence-electron chi connectivity index (χ1n) is 9.38. The van der Waals surface area contributed by atoms with Gasteiger partial charge in [0.15, 0.2) is 0 Å². The van der Waals surface area contributed by atoms with Crippen LogP contribution >= 0.6 is 11.6 Å². The highest BCUT2D eigenvalue weighted by atomic mass is 35.5. The zero-order valence-corrected chi connectivity index (χ0v) is 17.0. The Morgan fingerprint density at radius 2 is 1.97 bits per heavy atom. The number of nitrogens with zero attached hydrogens (tertiary/aromatic N) is 5. The maximum absolute atomic E-state index is 13.4. The van der Waals surface area contributed by atoms with Crippen LogP contribution < -0.4 is 5.32 Å². The minimum absolute atomic E-state index is 0.298. The third-order valence-corrected chi connectivity index (χ3v) is 5.04. The number of aromatic nitrogens is 5. The maximum Gasteiger partial charge on any atom is 0.259 e. The van der Waals surface area contributed by atoms with Crippen molar-refractivity contribution in [3.8, 4) is 16.9 Å². The summed E-state index contributed by atoms with van der Waals surface area (Å²) >= 11 is 6.18. The van der Waals surface area contributed by atoms with Crippen LogP contribution in [0.15, 0.2) is 71.8 Å². The van der Waals surface area contributed by atoms with Gasteiger partial charge in [-0.05, 0) is 31.2 Å². The molecule has 31 heavy (non-hydrogen) atoms. The summed E-state index contributed by atoms with van der Waals surface area (Å²) in [5.41, 5.74) is 3.86. The predicted octanol–water partition coefficient (Wildman–Crippen LogP) is 4.68. The van der Waals surface area contributed by atoms with Crippen molar-refractivity contribution in [1.82, 2.24) is 24.9 Å². The van der Waals surface area contributed by atoms with Crippen LogP contribution in [0.25, 0.3) is 28.0 Å². The van der Waals surface area contributed by atoms with E-state index in [0.717, 1.165) is 5.56 Å². The number of anilines is 1. The van der Waals surface area contributed by atoms with Crippen LogP contribution in [0.4, 0.5) is 5.69 Å². The molecule has 0 spiro atoms. The van der Waals surface area contributed by atoms with Gasteiger partial charge in [-0.15, -0.1) is 0 Å². The van der Waals surface area contributed by atoms with Gasteiger partial charge in [-0.1, -0.05) is 47.1 Å². The highest BCUT2D eigenvalue weighted by molar-refractivity contribution is 6.31. The van der Waals surface area contributed by atoms with Crippen LogP contribution in [-0.2, 0) is 0 Å². The van der Waals surface area contributed by atoms with Gasteiger partial charge < -0.3 is 9.84 Å². The van der Waals surface area contributed by atoms with Crippen molar-refractivity contribution >= 4 is 34.3 Å². The molecule has 1 amide bonds. The second-order valence-electron chi connectivity index (χ2n) is 6.82. The van der Waals surface area contributed by atoms with Crippen molar-refractivity contribution in [3.63, 3.8) is 0 Å². The molecule has 2 aromatic carbocycles. The monoisotopic (exact) mass is 430 g/mol. The molecule has 3 aromatic heterocycles. The van der Waals surface area contributed by atoms with Gasteiger partial charge in [0.1, 0.15) is 12.7 Å². The number of rotatable bonds is 4. The van der Waals surface area contributed by atoms with E-state index in [2.05, 4.69) is 25.5 Å². The number of pyridine rings is 1. The molecule has 1 N–H and O–H groups in total. The van der Waals surface area contributed by atoms with Crippen LogP contribution in [0.1, 0.15) is 16.1 Å². The molecule has 5 rings (SSSR count). The number of hydrogen-bond donors (Lipinski definition) is 1. The van der Waals surface area contributed by atoms with Crippen LogP contribution in [0.5, 0.6) is 0 Å². The fourth-order valence-corrected chi connectivity index (χ4v) is 3.53. The average Bonchev–Trinajstić information content (AvgIpc) is 3.44. The molecule has 0 unspecified atom stereocenters. The predicted molar refractivity (Wildman–Crippen MR) is 116 cm³/mol. The standard InChI is InChI=1S/C22H15ClN6O2/c1-13-20-16(10-17(27-22(20)31-28-13)14-5-3-2-4-6-14)21(30)26-18-9-15(23)7-8-19(18)29-12-24-11-25-29/h2-12H,1H3,(H,26,30). The van der Waals surface area contributed by atoms with Crippen LogP contribution in [-0.4, -0.2) is 30.8 Å². The first-order chi connectivity index (χ1) is 15.1. The van der Waals surface area contributed by atoms with Crippen molar-refractivity contribution in [3.05, 3.63) is 83.5 Å². The highest BCUT2D eigenvalue weighted by Gasteiger charge is 2.20. The SMILES string of the molecule is Cc1noc2nc(-c3ccccc3)cc(C(=O)Nc3cc(Cl)ccc3-n3cncn3)c12. The van der Waals surface area contributed by atoms with E-state index < -0.39 is 0 Å². The molecule has 3 heterocycles. The molecule has 8 nitrogen and oxygen atoms in total. The van der Waals surface area contributed by atoms with Gasteiger partial charge >= 0.3 is 0 Å². The fourth-order valence-electron chi connectivity index (χ4n) is 3.36. The summed E-state index contributed by atoms with van der Waals surface area (Å²) < 4.78 is 6.92. The molecular formula is C22H15ClN6O2. The molecular weight excluding hydrogens is 416 g/mol. The molecule has 0 fully saturated rings. The van der Waals surface area contributed by atoms with Gasteiger partial charge in [0, 0.05) is 10.6 Å². The van der Waals surface area contributed by atoms with Crippen molar-refractivity contribution in [2.24, 2.45) is 0 Å². The molecule has 0 aliphatic rings. The van der Waals surface area contributed by atoms with Crippen molar-refractivity contribution < 1.29 is 9.32 Å². The van der Waals surface area contributed by atoms with Crippen LogP contribution in [0.2, 0.25) is 5.02 Å². The molecule has 0 saturated heterocycles. The minimum atomic E-state index is -0.348. The number of halogens is 1. The van der Waals surface area contributed by atoms with E-state index >= 15 is 0 Å². The lowest BCUT2D eigenvalue weighted by Gasteiger charge is -2.12. The Labute approximate surface area is 181 Å². The summed E-state index contributed by atoms with van der Waals surface area (Å²) in [6.07, 6.45) is 2.96. The quantitative estimate of drug-likeness (QED) is 0.444. The summed E-state index contributed by atoms with van der Waals surface area (Å²) in [5.74, 6) is -0.348. The van der Waals surface area contributed by atoms with E-state index in [1.807, 2.05) is 30.3 Å². The molecule has 5 aromatic rings. The Morgan fingerprint density at radius 3 is 2.74 bits per heavy atom. The lowest BCUT2D eigenvalue weighted by Crippen LogP contribution is -2.15. The summed E-state index contributed by atoms with van der Waals surface area (Å²) in [7, 11) is 0. The van der Waals surface area contributed by atoms with E-state index in [1.54, 1.807) is 42.2 Å². The maximum atomic E-state index is 13.4. The Kier molecular flexibility index (Phi) is 4.68. The number of fused-ring (bicyclic) bond motifs is 1. The number of hydrogen-bond acceptors (Lipinski definition) is 6. The smallest absolute Gasteiger partial charge is 0.259 e. The number of amides is 1. The lowest BCUT2D eigenvalue weighted by atomic mass is 10.0. The van der Waals surface area contributed by atoms with E-state index in [9.17, 15) is 4.79 Å². The van der Waals surface area contributed by atoms with Crippen LogP contribution in [0.3, 0.4) is 0 Å². The summed E-state index contributed by atoms with van der Waals surface area (Å²) in [6.45, 7) is 1.77. The second-order valence-corrected chi connectivity index (χ2v) is 7.26. The molecule has 0 aliphatic carbocycles. The number of carbonyl (C=O) groups is 1. The highest BCUT2D eigenvalue weighted by Crippen LogP contribution is 2.29. The number of nitrogens with one attached hydrogen (secondary N) is 1. The zero-order valence-electron chi connectivity index (χ0n) is 16.3. The summed E-state index contributed by atoms with van der Waals surface area (Å²) in [5, 5.41) is 12.1. The largest absolute Gasteiger partial charge is 0.335 e. The third kappa shape index (κ3) is 3.53. The Bertz CT molecular complexity index is 1400. The number of benzene rings is 2. The number of carbonyl (C=O) groups excluding carboxylic acids is 1. The Hall–Kier alpha value is -4.04. The first kappa shape index (κ1) is 19.0. The summed E-state index contributed by atoms with van der Waals surface area (Å²) in [4.78, 5) is 21.9. The summed E-state index contributed by atoms with van der Waals surface area (Å²) in [6, 6.07) is 16.4. The van der Waals surface area contributed by atoms with Gasteiger partial charge in [0.2, 0.25) is 0 Å². The van der Waals surface area contributed by atoms with Crippen molar-refractivity contribution in [1.29, 1.82) is 0 Å². The first-order valence-corrected chi connectivity index (χ1v) is 9.76. The molecule has 152 valence electrons. The van der Waals surface area contributed by atoms with Gasteiger partial charge in [0.25, 0.3) is 11.6 Å². The second kappa shape index (κ2) is 7.66. The molecule has 0 atom stereocenters. The van der Waals surface area contributed by atoms with Gasteiger partial charge in [0.05, 0.1) is 33.7 Å². The molecule has 0 aliphatic heterocycles. The normalized spacial score (nSPS) is 11.0. The topological polar surface area (TPSA) is 98.7 Å². The minimum Gasteiger partial charge on any atom is -0.335 e. The zero-order chi connectivity index (χ0) is 21.4. The van der Waals surface area contributed by atoms with Crippen molar-refractivity contribution in [2.75, 3.05) is 5.32 Å². The lowest BCUT2D eigenvalue weighted by molar-refractivity contribution is 0.102.